The highest BCUT2D eigenvalue weighted by molar-refractivity contribution is 9.10. The van der Waals surface area contributed by atoms with E-state index in [0.29, 0.717) is 5.75 Å². The molecule has 0 saturated carbocycles. The van der Waals surface area contributed by atoms with Gasteiger partial charge in [0.2, 0.25) is 0 Å². The van der Waals surface area contributed by atoms with Crippen molar-refractivity contribution in [1.29, 1.82) is 0 Å². The number of hydrogen-bond donors (Lipinski definition) is 2. The molecule has 0 aliphatic carbocycles. The summed E-state index contributed by atoms with van der Waals surface area (Å²) in [6, 6.07) is 5.53. The average molecular weight is 300 g/mol. The van der Waals surface area contributed by atoms with E-state index in [1.807, 2.05) is 12.1 Å². The number of hydrogen-bond acceptors (Lipinski definition) is 2. The highest BCUT2D eigenvalue weighted by Gasteiger charge is 2.01. The molecule has 17 heavy (non-hydrogen) atoms. The standard InChI is InChI=1S/C14H22BrNO/c1-11(2)5-3-4-8-16-10-12-9-13(15)6-7-14(12)17/h6-7,9,11,16-17H,3-5,8,10H2,1-2H3. The predicted octanol–water partition coefficient (Wildman–Crippen LogP) is 4.07. The topological polar surface area (TPSA) is 32.3 Å². The molecule has 0 saturated heterocycles. The van der Waals surface area contributed by atoms with Crippen molar-refractivity contribution >= 4 is 15.9 Å². The van der Waals surface area contributed by atoms with Crippen molar-refractivity contribution in [3.8, 4) is 5.75 Å². The Morgan fingerprint density at radius 1 is 1.29 bits per heavy atom. The Bertz CT molecular complexity index is 339. The first-order chi connectivity index (χ1) is 8.09. The summed E-state index contributed by atoms with van der Waals surface area (Å²) in [5.41, 5.74) is 0.947. The lowest BCUT2D eigenvalue weighted by atomic mass is 10.1. The van der Waals surface area contributed by atoms with E-state index in [0.717, 1.165) is 29.0 Å². The van der Waals surface area contributed by atoms with Gasteiger partial charge in [0.1, 0.15) is 5.75 Å². The third-order valence-electron chi connectivity index (χ3n) is 2.74. The number of phenols is 1. The third-order valence-corrected chi connectivity index (χ3v) is 3.24. The number of phenolic OH excluding ortho intramolecular Hbond substituents is 1. The number of unbranched alkanes of at least 4 members (excludes halogenated alkanes) is 1. The lowest BCUT2D eigenvalue weighted by Gasteiger charge is -2.08. The first kappa shape index (κ1) is 14.5. The van der Waals surface area contributed by atoms with Gasteiger partial charge < -0.3 is 10.4 Å². The van der Waals surface area contributed by atoms with E-state index in [1.165, 1.54) is 19.3 Å². The average Bonchev–Trinajstić information content (AvgIpc) is 2.27. The van der Waals surface area contributed by atoms with E-state index in [4.69, 9.17) is 0 Å². The van der Waals surface area contributed by atoms with E-state index in [2.05, 4.69) is 35.1 Å². The monoisotopic (exact) mass is 299 g/mol. The largest absolute Gasteiger partial charge is 0.508 e. The van der Waals surface area contributed by atoms with E-state index >= 15 is 0 Å². The van der Waals surface area contributed by atoms with Crippen molar-refractivity contribution in [2.45, 2.75) is 39.7 Å². The van der Waals surface area contributed by atoms with Crippen molar-refractivity contribution in [2.24, 2.45) is 5.92 Å². The van der Waals surface area contributed by atoms with Gasteiger partial charge in [0, 0.05) is 16.6 Å². The maximum absolute atomic E-state index is 9.65. The fraction of sp³-hybridized carbons (Fsp3) is 0.571. The molecule has 0 radical (unpaired) electrons. The van der Waals surface area contributed by atoms with Crippen LogP contribution in [-0.2, 0) is 6.54 Å². The van der Waals surface area contributed by atoms with Crippen LogP contribution in [0.4, 0.5) is 0 Å². The molecule has 0 fully saturated rings. The summed E-state index contributed by atoms with van der Waals surface area (Å²) >= 11 is 3.41. The molecular formula is C14H22BrNO. The van der Waals surface area contributed by atoms with Crippen LogP contribution in [0, 0.1) is 5.92 Å². The Morgan fingerprint density at radius 3 is 2.76 bits per heavy atom. The molecule has 0 aromatic heterocycles. The van der Waals surface area contributed by atoms with Gasteiger partial charge in [-0.3, -0.25) is 0 Å². The molecule has 2 N–H and O–H groups in total. The number of benzene rings is 1. The van der Waals surface area contributed by atoms with E-state index in [9.17, 15) is 5.11 Å². The predicted molar refractivity (Wildman–Crippen MR) is 76.2 cm³/mol. The lowest BCUT2D eigenvalue weighted by Crippen LogP contribution is -2.14. The van der Waals surface area contributed by atoms with Gasteiger partial charge in [-0.05, 0) is 37.1 Å². The van der Waals surface area contributed by atoms with Gasteiger partial charge in [0.05, 0.1) is 0 Å². The van der Waals surface area contributed by atoms with Crippen LogP contribution in [0.15, 0.2) is 22.7 Å². The van der Waals surface area contributed by atoms with E-state index in [1.54, 1.807) is 6.07 Å². The fourth-order valence-corrected chi connectivity index (χ4v) is 2.13. The van der Waals surface area contributed by atoms with Crippen LogP contribution in [0.25, 0.3) is 0 Å². The van der Waals surface area contributed by atoms with Crippen LogP contribution >= 0.6 is 15.9 Å². The quantitative estimate of drug-likeness (QED) is 0.744. The Balaban J connectivity index is 2.20. The summed E-state index contributed by atoms with van der Waals surface area (Å²) in [5, 5.41) is 13.0. The van der Waals surface area contributed by atoms with Gasteiger partial charge in [0.15, 0.2) is 0 Å². The zero-order valence-corrected chi connectivity index (χ0v) is 12.3. The first-order valence-corrected chi connectivity index (χ1v) is 7.07. The molecule has 0 bridgehead atoms. The van der Waals surface area contributed by atoms with Crippen LogP contribution in [0.5, 0.6) is 5.75 Å². The maximum Gasteiger partial charge on any atom is 0.120 e. The molecule has 0 unspecified atom stereocenters. The normalized spacial score (nSPS) is 11.1. The highest BCUT2D eigenvalue weighted by Crippen LogP contribution is 2.21. The highest BCUT2D eigenvalue weighted by atomic mass is 79.9. The van der Waals surface area contributed by atoms with Crippen molar-refractivity contribution in [2.75, 3.05) is 6.54 Å². The van der Waals surface area contributed by atoms with Crippen molar-refractivity contribution in [3.05, 3.63) is 28.2 Å². The number of rotatable bonds is 7. The Hall–Kier alpha value is -0.540. The number of nitrogens with one attached hydrogen (secondary N) is 1. The van der Waals surface area contributed by atoms with Crippen LogP contribution in [0.1, 0.15) is 38.7 Å². The number of halogens is 1. The summed E-state index contributed by atoms with van der Waals surface area (Å²) in [6.07, 6.45) is 3.77. The molecule has 1 aromatic rings. The molecule has 0 aliphatic rings. The summed E-state index contributed by atoms with van der Waals surface area (Å²) in [4.78, 5) is 0. The molecule has 0 spiro atoms. The van der Waals surface area contributed by atoms with Crippen LogP contribution < -0.4 is 5.32 Å². The van der Waals surface area contributed by atoms with E-state index in [-0.39, 0.29) is 0 Å². The Kier molecular flexibility index (Phi) is 6.60. The van der Waals surface area contributed by atoms with Crippen molar-refractivity contribution in [3.63, 3.8) is 0 Å². The summed E-state index contributed by atoms with van der Waals surface area (Å²) < 4.78 is 1.01. The third kappa shape index (κ3) is 6.08. The molecule has 2 nitrogen and oxygen atoms in total. The van der Waals surface area contributed by atoms with Crippen molar-refractivity contribution in [1.82, 2.24) is 5.32 Å². The van der Waals surface area contributed by atoms with Gasteiger partial charge in [0.25, 0.3) is 0 Å². The Labute approximate surface area is 113 Å². The summed E-state index contributed by atoms with van der Waals surface area (Å²) in [6.45, 7) is 6.26. The van der Waals surface area contributed by atoms with Gasteiger partial charge in [-0.25, -0.2) is 0 Å². The minimum absolute atomic E-state index is 0.364. The molecule has 0 atom stereocenters. The molecule has 1 rings (SSSR count). The zero-order chi connectivity index (χ0) is 12.7. The van der Waals surface area contributed by atoms with Crippen LogP contribution in [-0.4, -0.2) is 11.7 Å². The number of aromatic hydroxyl groups is 1. The van der Waals surface area contributed by atoms with E-state index < -0.39 is 0 Å². The zero-order valence-electron chi connectivity index (χ0n) is 10.7. The van der Waals surface area contributed by atoms with Crippen LogP contribution in [0.2, 0.25) is 0 Å². The first-order valence-electron chi connectivity index (χ1n) is 6.27. The van der Waals surface area contributed by atoms with Crippen molar-refractivity contribution < 1.29 is 5.11 Å². The van der Waals surface area contributed by atoms with Gasteiger partial charge in [-0.15, -0.1) is 0 Å². The van der Waals surface area contributed by atoms with Gasteiger partial charge in [-0.2, -0.15) is 0 Å². The summed E-state index contributed by atoms with van der Waals surface area (Å²) in [5.74, 6) is 1.16. The molecule has 96 valence electrons. The smallest absolute Gasteiger partial charge is 0.120 e. The van der Waals surface area contributed by atoms with Crippen LogP contribution in [0.3, 0.4) is 0 Å². The molecule has 3 heteroatoms. The minimum atomic E-state index is 0.364. The lowest BCUT2D eigenvalue weighted by molar-refractivity contribution is 0.462. The molecule has 0 heterocycles. The summed E-state index contributed by atoms with van der Waals surface area (Å²) in [7, 11) is 0. The van der Waals surface area contributed by atoms with Gasteiger partial charge >= 0.3 is 0 Å². The van der Waals surface area contributed by atoms with Gasteiger partial charge in [-0.1, -0.05) is 42.6 Å². The second kappa shape index (κ2) is 7.72. The molecular weight excluding hydrogens is 278 g/mol. The molecule has 0 amide bonds. The second-order valence-corrected chi connectivity index (χ2v) is 5.76. The molecule has 1 aromatic carbocycles. The second-order valence-electron chi connectivity index (χ2n) is 4.84. The fourth-order valence-electron chi connectivity index (χ4n) is 1.72. The minimum Gasteiger partial charge on any atom is -0.508 e. The maximum atomic E-state index is 9.65. The molecule has 0 aliphatic heterocycles. The SMILES string of the molecule is CC(C)CCCCNCc1cc(Br)ccc1O. The Morgan fingerprint density at radius 2 is 2.06 bits per heavy atom.